The predicted molar refractivity (Wildman–Crippen MR) is 59.6 cm³/mol. The molecule has 2 amide bonds. The molecule has 0 aromatic heterocycles. The van der Waals surface area contributed by atoms with Crippen molar-refractivity contribution in [1.82, 2.24) is 9.44 Å². The normalized spacial score (nSPS) is 11.5. The lowest BCUT2D eigenvalue weighted by atomic mass is 10.8. The van der Waals surface area contributed by atoms with Crippen LogP contribution in [-0.2, 0) is 20.0 Å². The molecule has 0 aliphatic rings. The van der Waals surface area contributed by atoms with Crippen molar-refractivity contribution in [3.63, 3.8) is 0 Å². The van der Waals surface area contributed by atoms with Crippen molar-refractivity contribution in [1.29, 1.82) is 0 Å². The van der Waals surface area contributed by atoms with Crippen LogP contribution in [-0.4, -0.2) is 34.4 Å². The van der Waals surface area contributed by atoms with E-state index in [4.69, 9.17) is 0 Å². The maximum Gasteiger partial charge on any atom is 0.342 e. The lowest BCUT2D eigenvalue weighted by Gasteiger charge is -2.06. The fourth-order valence-corrected chi connectivity index (χ4v) is 2.22. The highest BCUT2D eigenvalue weighted by molar-refractivity contribution is 7.91. The summed E-state index contributed by atoms with van der Waals surface area (Å²) in [7, 11) is -7.78. The van der Waals surface area contributed by atoms with Gasteiger partial charge < -0.3 is 0 Å². The van der Waals surface area contributed by atoms with Gasteiger partial charge in [0.2, 0.25) is 20.0 Å². The maximum atomic E-state index is 11.0. The zero-order valence-electron chi connectivity index (χ0n) is 8.34. The van der Waals surface area contributed by atoms with E-state index >= 15 is 0 Å². The summed E-state index contributed by atoms with van der Waals surface area (Å²) in [5.41, 5.74) is 0. The third kappa shape index (κ3) is 6.19. The maximum absolute atomic E-state index is 11.0. The number of rotatable bonds is 6. The predicted octanol–water partition coefficient (Wildman–Crippen LogP) is -0.683. The standard InChI is InChI=1S/C7H12N2O5S2/c1-3-5-15(11,12)8-7(10)9-16(13,14)6-4-2/h3-4H,1-2,5-6H2,(H2,8,9,10). The van der Waals surface area contributed by atoms with Gasteiger partial charge in [-0.1, -0.05) is 12.2 Å². The van der Waals surface area contributed by atoms with Crippen molar-refractivity contribution in [3.8, 4) is 0 Å². The third-order valence-corrected chi connectivity index (χ3v) is 3.51. The molecule has 9 heteroatoms. The Bertz CT molecular complexity index is 433. The Morgan fingerprint density at radius 1 is 0.938 bits per heavy atom. The molecule has 2 N–H and O–H groups in total. The number of carbonyl (C=O) groups excluding carboxylic acids is 1. The Hall–Kier alpha value is -1.35. The Morgan fingerprint density at radius 2 is 1.25 bits per heavy atom. The summed E-state index contributed by atoms with van der Waals surface area (Å²) >= 11 is 0. The molecular formula is C7H12N2O5S2. The van der Waals surface area contributed by atoms with Gasteiger partial charge in [0.1, 0.15) is 0 Å². The van der Waals surface area contributed by atoms with E-state index in [1.165, 1.54) is 9.44 Å². The molecule has 0 fully saturated rings. The highest BCUT2D eigenvalue weighted by atomic mass is 32.2. The number of sulfonamides is 2. The lowest BCUT2D eigenvalue weighted by Crippen LogP contribution is -2.43. The molecule has 7 nitrogen and oxygen atoms in total. The molecule has 0 heterocycles. The highest BCUT2D eigenvalue weighted by Gasteiger charge is 2.17. The SMILES string of the molecule is C=CCS(=O)(=O)NC(=O)NS(=O)(=O)CC=C. The van der Waals surface area contributed by atoms with Crippen LogP contribution in [0.15, 0.2) is 25.3 Å². The molecule has 0 rings (SSSR count). The summed E-state index contributed by atoms with van der Waals surface area (Å²) in [5.74, 6) is -0.968. The molecule has 16 heavy (non-hydrogen) atoms. The van der Waals surface area contributed by atoms with E-state index in [0.29, 0.717) is 0 Å². The molecule has 0 unspecified atom stereocenters. The van der Waals surface area contributed by atoms with Crippen LogP contribution in [0.3, 0.4) is 0 Å². The van der Waals surface area contributed by atoms with Gasteiger partial charge in [-0.25, -0.2) is 31.1 Å². The van der Waals surface area contributed by atoms with Gasteiger partial charge in [0.15, 0.2) is 0 Å². The summed E-state index contributed by atoms with van der Waals surface area (Å²) in [5, 5.41) is 0. The van der Waals surface area contributed by atoms with Crippen LogP contribution in [0.2, 0.25) is 0 Å². The van der Waals surface area contributed by atoms with Gasteiger partial charge in [-0.3, -0.25) is 0 Å². The average Bonchev–Trinajstić information content (AvgIpc) is 1.99. The molecule has 0 bridgehead atoms. The van der Waals surface area contributed by atoms with E-state index in [0.717, 1.165) is 12.2 Å². The van der Waals surface area contributed by atoms with Crippen LogP contribution in [0.25, 0.3) is 0 Å². The number of hydrogen-bond acceptors (Lipinski definition) is 5. The van der Waals surface area contributed by atoms with Crippen molar-refractivity contribution in [2.24, 2.45) is 0 Å². The fraction of sp³-hybridized carbons (Fsp3) is 0.286. The zero-order chi connectivity index (χ0) is 12.8. The first kappa shape index (κ1) is 14.6. The molecule has 0 saturated heterocycles. The second kappa shape index (κ2) is 5.66. The van der Waals surface area contributed by atoms with Crippen LogP contribution in [0.4, 0.5) is 4.79 Å². The first-order valence-electron chi connectivity index (χ1n) is 3.99. The van der Waals surface area contributed by atoms with Gasteiger partial charge in [0, 0.05) is 0 Å². The summed E-state index contributed by atoms with van der Waals surface area (Å²) in [6.07, 6.45) is 2.13. The first-order valence-corrected chi connectivity index (χ1v) is 7.29. The molecule has 0 atom stereocenters. The molecule has 0 aliphatic heterocycles. The van der Waals surface area contributed by atoms with Crippen molar-refractivity contribution >= 4 is 26.1 Å². The van der Waals surface area contributed by atoms with Gasteiger partial charge in [0.05, 0.1) is 11.5 Å². The highest BCUT2D eigenvalue weighted by Crippen LogP contribution is 1.88. The van der Waals surface area contributed by atoms with Crippen LogP contribution >= 0.6 is 0 Å². The van der Waals surface area contributed by atoms with Crippen LogP contribution in [0.1, 0.15) is 0 Å². The fourth-order valence-electron chi connectivity index (χ4n) is 0.697. The second-order valence-corrected chi connectivity index (χ2v) is 6.21. The van der Waals surface area contributed by atoms with Gasteiger partial charge in [-0.15, -0.1) is 13.2 Å². The molecule has 92 valence electrons. The number of urea groups is 1. The molecule has 0 spiro atoms. The Balaban J connectivity index is 4.52. The van der Waals surface area contributed by atoms with Crippen molar-refractivity contribution in [2.75, 3.05) is 11.5 Å². The minimum Gasteiger partial charge on any atom is -0.247 e. The van der Waals surface area contributed by atoms with Crippen LogP contribution in [0.5, 0.6) is 0 Å². The number of amides is 2. The first-order chi connectivity index (χ1) is 7.22. The minimum absolute atomic E-state index is 0.484. The van der Waals surface area contributed by atoms with E-state index in [1.54, 1.807) is 0 Å². The average molecular weight is 268 g/mol. The van der Waals surface area contributed by atoms with E-state index in [2.05, 4.69) is 13.2 Å². The second-order valence-electron chi connectivity index (χ2n) is 2.67. The monoisotopic (exact) mass is 268 g/mol. The number of carbonyl (C=O) groups is 1. The smallest absolute Gasteiger partial charge is 0.247 e. The van der Waals surface area contributed by atoms with Gasteiger partial charge in [-0.05, 0) is 0 Å². The Morgan fingerprint density at radius 3 is 1.50 bits per heavy atom. The minimum atomic E-state index is -3.89. The molecular weight excluding hydrogens is 256 g/mol. The summed E-state index contributed by atoms with van der Waals surface area (Å²) in [6, 6.07) is -1.33. The van der Waals surface area contributed by atoms with E-state index in [9.17, 15) is 21.6 Å². The summed E-state index contributed by atoms with van der Waals surface area (Å²) in [4.78, 5) is 11.0. The summed E-state index contributed by atoms with van der Waals surface area (Å²) < 4.78 is 47.1. The van der Waals surface area contributed by atoms with E-state index in [1.807, 2.05) is 0 Å². The van der Waals surface area contributed by atoms with Gasteiger partial charge >= 0.3 is 6.03 Å². The largest absolute Gasteiger partial charge is 0.342 e. The topological polar surface area (TPSA) is 109 Å². The van der Waals surface area contributed by atoms with Crippen molar-refractivity contribution in [2.45, 2.75) is 0 Å². The van der Waals surface area contributed by atoms with Crippen molar-refractivity contribution in [3.05, 3.63) is 25.3 Å². The third-order valence-electron chi connectivity index (χ3n) is 1.17. The summed E-state index contributed by atoms with van der Waals surface area (Å²) in [6.45, 7) is 6.35. The van der Waals surface area contributed by atoms with Gasteiger partial charge in [0.25, 0.3) is 0 Å². The van der Waals surface area contributed by atoms with Crippen LogP contribution < -0.4 is 9.44 Å². The lowest BCUT2D eigenvalue weighted by molar-refractivity contribution is 0.250. The number of hydrogen-bond donors (Lipinski definition) is 2. The Labute approximate surface area is 94.3 Å². The van der Waals surface area contributed by atoms with E-state index < -0.39 is 37.6 Å². The quantitative estimate of drug-likeness (QED) is 0.620. The van der Waals surface area contributed by atoms with Crippen LogP contribution in [0, 0.1) is 0 Å². The van der Waals surface area contributed by atoms with Gasteiger partial charge in [-0.2, -0.15) is 0 Å². The molecule has 0 aromatic carbocycles. The van der Waals surface area contributed by atoms with Crippen molar-refractivity contribution < 1.29 is 21.6 Å². The molecule has 0 radical (unpaired) electrons. The molecule has 0 aromatic rings. The zero-order valence-corrected chi connectivity index (χ0v) is 9.97. The molecule has 0 saturated carbocycles. The Kier molecular flexibility index (Phi) is 5.18. The van der Waals surface area contributed by atoms with E-state index in [-0.39, 0.29) is 0 Å². The molecule has 0 aliphatic carbocycles. The number of nitrogens with one attached hydrogen (secondary N) is 2.